The molecular formula is C16H26N2O2S. The maximum atomic E-state index is 12.1. The van der Waals surface area contributed by atoms with E-state index in [0.717, 1.165) is 23.9 Å². The third-order valence-corrected chi connectivity index (χ3v) is 4.96. The number of carbonyl (C=O) groups is 1. The number of carbonyl (C=O) groups excluding carboxylic acids is 1. The Morgan fingerprint density at radius 1 is 1.43 bits per heavy atom. The summed E-state index contributed by atoms with van der Waals surface area (Å²) in [7, 11) is 0. The molecule has 0 N–H and O–H groups in total. The zero-order chi connectivity index (χ0) is 15.6. The molecule has 0 bridgehead atoms. The molecule has 2 rings (SSSR count). The summed E-state index contributed by atoms with van der Waals surface area (Å²) in [4.78, 5) is 19.2. The first-order valence-electron chi connectivity index (χ1n) is 7.72. The fourth-order valence-electron chi connectivity index (χ4n) is 2.93. The SMILES string of the molecule is CCOC(=O)C(C)(C)c1csc(N2CC(C)CC(C)C2)n1. The van der Waals surface area contributed by atoms with Crippen LogP contribution in [0.5, 0.6) is 0 Å². The molecule has 0 spiro atoms. The number of thiazole rings is 1. The molecule has 0 saturated carbocycles. The summed E-state index contributed by atoms with van der Waals surface area (Å²) in [6.07, 6.45) is 1.28. The molecular weight excluding hydrogens is 284 g/mol. The van der Waals surface area contributed by atoms with Gasteiger partial charge in [-0.1, -0.05) is 13.8 Å². The van der Waals surface area contributed by atoms with Crippen LogP contribution in [0, 0.1) is 11.8 Å². The van der Waals surface area contributed by atoms with Gasteiger partial charge >= 0.3 is 5.97 Å². The second-order valence-corrected chi connectivity index (χ2v) is 7.55. The highest BCUT2D eigenvalue weighted by molar-refractivity contribution is 7.13. The van der Waals surface area contributed by atoms with E-state index in [9.17, 15) is 4.79 Å². The Labute approximate surface area is 131 Å². The van der Waals surface area contributed by atoms with Crippen molar-refractivity contribution in [3.63, 3.8) is 0 Å². The van der Waals surface area contributed by atoms with E-state index in [2.05, 4.69) is 18.7 Å². The standard InChI is InChI=1S/C16H26N2O2S/c1-6-20-14(19)16(4,5)13-10-21-15(17-13)18-8-11(2)7-12(3)9-18/h10-12H,6-9H2,1-5H3. The molecule has 2 unspecified atom stereocenters. The lowest BCUT2D eigenvalue weighted by atomic mass is 9.90. The maximum Gasteiger partial charge on any atom is 0.317 e. The lowest BCUT2D eigenvalue weighted by Crippen LogP contribution is -2.39. The number of ether oxygens (including phenoxy) is 1. The first-order valence-corrected chi connectivity index (χ1v) is 8.60. The third kappa shape index (κ3) is 3.57. The van der Waals surface area contributed by atoms with Gasteiger partial charge in [0.05, 0.1) is 12.3 Å². The van der Waals surface area contributed by atoms with E-state index in [0.29, 0.717) is 18.4 Å². The van der Waals surface area contributed by atoms with Crippen LogP contribution in [0.15, 0.2) is 5.38 Å². The molecule has 2 heterocycles. The molecule has 1 aliphatic rings. The molecule has 1 aliphatic heterocycles. The molecule has 0 radical (unpaired) electrons. The number of aromatic nitrogens is 1. The van der Waals surface area contributed by atoms with Gasteiger partial charge in [-0.15, -0.1) is 11.3 Å². The zero-order valence-electron chi connectivity index (χ0n) is 13.7. The Balaban J connectivity index is 2.15. The van der Waals surface area contributed by atoms with Gasteiger partial charge in [0.2, 0.25) is 0 Å². The van der Waals surface area contributed by atoms with Gasteiger partial charge < -0.3 is 9.64 Å². The van der Waals surface area contributed by atoms with Gasteiger partial charge in [-0.2, -0.15) is 0 Å². The van der Waals surface area contributed by atoms with Gasteiger partial charge in [-0.05, 0) is 39.0 Å². The lowest BCUT2D eigenvalue weighted by molar-refractivity contribution is -0.148. The first kappa shape index (κ1) is 16.3. The van der Waals surface area contributed by atoms with E-state index in [1.807, 2.05) is 26.2 Å². The van der Waals surface area contributed by atoms with Crippen molar-refractivity contribution >= 4 is 22.4 Å². The van der Waals surface area contributed by atoms with Crippen molar-refractivity contribution in [2.24, 2.45) is 11.8 Å². The van der Waals surface area contributed by atoms with Gasteiger partial charge in [0.25, 0.3) is 0 Å². The summed E-state index contributed by atoms with van der Waals surface area (Å²) in [5, 5.41) is 3.02. The number of nitrogens with zero attached hydrogens (tertiary/aromatic N) is 2. The largest absolute Gasteiger partial charge is 0.465 e. The zero-order valence-corrected chi connectivity index (χ0v) is 14.5. The minimum atomic E-state index is -0.683. The van der Waals surface area contributed by atoms with Crippen molar-refractivity contribution in [3.05, 3.63) is 11.1 Å². The van der Waals surface area contributed by atoms with Crippen LogP contribution in [0.3, 0.4) is 0 Å². The highest BCUT2D eigenvalue weighted by Gasteiger charge is 2.35. The van der Waals surface area contributed by atoms with Crippen LogP contribution < -0.4 is 4.90 Å². The van der Waals surface area contributed by atoms with Crippen LogP contribution in [0.4, 0.5) is 5.13 Å². The van der Waals surface area contributed by atoms with Crippen molar-refractivity contribution in [3.8, 4) is 0 Å². The number of piperidine rings is 1. The van der Waals surface area contributed by atoms with Crippen LogP contribution in [-0.4, -0.2) is 30.6 Å². The van der Waals surface area contributed by atoms with Crippen LogP contribution in [0.25, 0.3) is 0 Å². The van der Waals surface area contributed by atoms with Crippen molar-refractivity contribution in [1.29, 1.82) is 0 Å². The number of rotatable bonds is 4. The Hall–Kier alpha value is -1.10. The Kier molecular flexibility index (Phi) is 4.91. The highest BCUT2D eigenvalue weighted by Crippen LogP contribution is 2.33. The second kappa shape index (κ2) is 6.34. The second-order valence-electron chi connectivity index (χ2n) is 6.71. The monoisotopic (exact) mass is 310 g/mol. The van der Waals surface area contributed by atoms with E-state index >= 15 is 0 Å². The van der Waals surface area contributed by atoms with Gasteiger partial charge in [0.15, 0.2) is 5.13 Å². The molecule has 118 valence electrons. The van der Waals surface area contributed by atoms with E-state index in [4.69, 9.17) is 9.72 Å². The minimum Gasteiger partial charge on any atom is -0.465 e. The lowest BCUT2D eigenvalue weighted by Gasteiger charge is -2.34. The van der Waals surface area contributed by atoms with Gasteiger partial charge in [0.1, 0.15) is 5.41 Å². The van der Waals surface area contributed by atoms with E-state index in [1.54, 1.807) is 11.3 Å². The molecule has 4 nitrogen and oxygen atoms in total. The number of hydrogen-bond acceptors (Lipinski definition) is 5. The van der Waals surface area contributed by atoms with E-state index in [1.165, 1.54) is 6.42 Å². The smallest absolute Gasteiger partial charge is 0.317 e. The summed E-state index contributed by atoms with van der Waals surface area (Å²) < 4.78 is 5.16. The minimum absolute atomic E-state index is 0.206. The first-order chi connectivity index (χ1) is 9.84. The molecule has 1 fully saturated rings. The summed E-state index contributed by atoms with van der Waals surface area (Å²) >= 11 is 1.63. The number of hydrogen-bond donors (Lipinski definition) is 0. The fourth-order valence-corrected chi connectivity index (χ4v) is 3.95. The van der Waals surface area contributed by atoms with Crippen molar-refractivity contribution < 1.29 is 9.53 Å². The van der Waals surface area contributed by atoms with Crippen LogP contribution >= 0.6 is 11.3 Å². The molecule has 1 aromatic rings. The number of esters is 1. The van der Waals surface area contributed by atoms with Gasteiger partial charge in [-0.3, -0.25) is 4.79 Å². The summed E-state index contributed by atoms with van der Waals surface area (Å²) in [6, 6.07) is 0. The molecule has 5 heteroatoms. The van der Waals surface area contributed by atoms with Gasteiger partial charge in [0, 0.05) is 18.5 Å². The predicted molar refractivity (Wildman–Crippen MR) is 86.9 cm³/mol. The van der Waals surface area contributed by atoms with Crippen molar-refractivity contribution in [2.45, 2.75) is 46.5 Å². The van der Waals surface area contributed by atoms with Gasteiger partial charge in [-0.25, -0.2) is 4.98 Å². The molecule has 2 atom stereocenters. The number of anilines is 1. The van der Waals surface area contributed by atoms with Crippen LogP contribution in [-0.2, 0) is 14.9 Å². The van der Waals surface area contributed by atoms with Crippen LogP contribution in [0.2, 0.25) is 0 Å². The molecule has 1 aromatic heterocycles. The van der Waals surface area contributed by atoms with E-state index < -0.39 is 5.41 Å². The summed E-state index contributed by atoms with van der Waals surface area (Å²) in [6.45, 7) is 12.7. The average molecular weight is 310 g/mol. The Bertz CT molecular complexity index is 488. The molecule has 0 aromatic carbocycles. The molecule has 21 heavy (non-hydrogen) atoms. The normalized spacial score (nSPS) is 23.2. The fraction of sp³-hybridized carbons (Fsp3) is 0.750. The molecule has 1 saturated heterocycles. The summed E-state index contributed by atoms with van der Waals surface area (Å²) in [5.41, 5.74) is 0.129. The Morgan fingerprint density at radius 3 is 2.62 bits per heavy atom. The quantitative estimate of drug-likeness (QED) is 0.799. The van der Waals surface area contributed by atoms with Crippen molar-refractivity contribution in [2.75, 3.05) is 24.6 Å². The molecule has 0 aliphatic carbocycles. The third-order valence-electron chi connectivity index (χ3n) is 4.06. The van der Waals surface area contributed by atoms with E-state index in [-0.39, 0.29) is 5.97 Å². The topological polar surface area (TPSA) is 42.4 Å². The van der Waals surface area contributed by atoms with Crippen LogP contribution in [0.1, 0.15) is 46.7 Å². The molecule has 0 amide bonds. The highest BCUT2D eigenvalue weighted by atomic mass is 32.1. The summed E-state index contributed by atoms with van der Waals surface area (Å²) in [5.74, 6) is 1.18. The van der Waals surface area contributed by atoms with Crippen molar-refractivity contribution in [1.82, 2.24) is 4.98 Å². The maximum absolute atomic E-state index is 12.1. The average Bonchev–Trinajstić information content (AvgIpc) is 2.88. The predicted octanol–water partition coefficient (Wildman–Crippen LogP) is 3.47. The Morgan fingerprint density at radius 2 is 2.05 bits per heavy atom.